The lowest BCUT2D eigenvalue weighted by Crippen LogP contribution is -2.59. The molecule has 27 heavy (non-hydrogen) atoms. The number of aromatic nitrogens is 2. The summed E-state index contributed by atoms with van der Waals surface area (Å²) in [5.74, 6) is 0.717. The second kappa shape index (κ2) is 6.02. The Morgan fingerprint density at radius 2 is 2.15 bits per heavy atom. The van der Waals surface area contributed by atoms with E-state index in [1.807, 2.05) is 13.0 Å². The zero-order chi connectivity index (χ0) is 18.7. The van der Waals surface area contributed by atoms with Gasteiger partial charge in [-0.1, -0.05) is 18.2 Å². The van der Waals surface area contributed by atoms with Crippen molar-refractivity contribution in [2.45, 2.75) is 50.7 Å². The number of nitrogens with two attached hydrogens (primary N) is 1. The van der Waals surface area contributed by atoms with E-state index < -0.39 is 0 Å². The van der Waals surface area contributed by atoms with Crippen LogP contribution in [0.3, 0.4) is 0 Å². The number of benzene rings is 1. The third-order valence-electron chi connectivity index (χ3n) is 6.35. The molecule has 3 aliphatic rings. The number of β-amino-alcohol motifs (C(OH)–C–C–N with tert-alkyl or cyclic N) is 1. The Hall–Kier alpha value is -2.47. The van der Waals surface area contributed by atoms with Crippen LogP contribution in [0, 0.1) is 5.92 Å². The Balaban J connectivity index is 1.53. The summed E-state index contributed by atoms with van der Waals surface area (Å²) in [7, 11) is 0. The quantitative estimate of drug-likeness (QED) is 0.863. The first-order valence-corrected chi connectivity index (χ1v) is 9.77. The summed E-state index contributed by atoms with van der Waals surface area (Å²) in [4.78, 5) is 23.2. The predicted molar refractivity (Wildman–Crippen MR) is 102 cm³/mol. The van der Waals surface area contributed by atoms with Crippen molar-refractivity contribution in [2.75, 3.05) is 11.4 Å². The molecule has 0 radical (unpaired) electrons. The number of anilines is 1. The molecule has 1 aromatic heterocycles. The molecule has 1 saturated carbocycles. The Morgan fingerprint density at radius 3 is 2.85 bits per heavy atom. The van der Waals surface area contributed by atoms with E-state index in [2.05, 4.69) is 23.1 Å². The molecule has 3 N–H and O–H groups in total. The molecule has 0 spiro atoms. The minimum atomic E-state index is -0.311. The van der Waals surface area contributed by atoms with Gasteiger partial charge >= 0.3 is 0 Å². The molecule has 0 bridgehead atoms. The van der Waals surface area contributed by atoms with Crippen molar-refractivity contribution < 1.29 is 9.90 Å². The number of rotatable bonds is 4. The lowest BCUT2D eigenvalue weighted by atomic mass is 9.99. The molecular formula is C21H24N4O2. The average Bonchev–Trinajstić information content (AvgIpc) is 3.35. The van der Waals surface area contributed by atoms with Crippen LogP contribution in [-0.2, 0) is 17.6 Å². The van der Waals surface area contributed by atoms with Gasteiger partial charge in [-0.15, -0.1) is 0 Å². The maximum Gasteiger partial charge on any atom is 0.226 e. The zero-order valence-corrected chi connectivity index (χ0v) is 15.4. The minimum absolute atomic E-state index is 0.0321. The number of aliphatic hydroxyl groups excluding tert-OH is 1. The van der Waals surface area contributed by atoms with Crippen LogP contribution < -0.4 is 10.6 Å². The van der Waals surface area contributed by atoms with Gasteiger partial charge in [0.05, 0.1) is 17.8 Å². The Morgan fingerprint density at radius 1 is 1.30 bits per heavy atom. The van der Waals surface area contributed by atoms with E-state index in [0.717, 1.165) is 54.1 Å². The number of aliphatic hydroxyl groups is 1. The lowest BCUT2D eigenvalue weighted by Gasteiger charge is -2.43. The highest BCUT2D eigenvalue weighted by molar-refractivity contribution is 5.81. The van der Waals surface area contributed by atoms with E-state index in [9.17, 15) is 9.90 Å². The summed E-state index contributed by atoms with van der Waals surface area (Å²) in [6, 6.07) is 8.41. The van der Waals surface area contributed by atoms with Crippen LogP contribution in [0.5, 0.6) is 0 Å². The summed E-state index contributed by atoms with van der Waals surface area (Å²) >= 11 is 0. The van der Waals surface area contributed by atoms with E-state index in [1.54, 1.807) is 0 Å². The smallest absolute Gasteiger partial charge is 0.226 e. The highest BCUT2D eigenvalue weighted by atomic mass is 16.3. The summed E-state index contributed by atoms with van der Waals surface area (Å²) in [5, 5.41) is 9.87. The fourth-order valence-corrected chi connectivity index (χ4v) is 4.43. The fourth-order valence-electron chi connectivity index (χ4n) is 4.43. The maximum absolute atomic E-state index is 11.4. The molecule has 2 heterocycles. The van der Waals surface area contributed by atoms with E-state index >= 15 is 0 Å². The first-order valence-electron chi connectivity index (χ1n) is 9.77. The maximum atomic E-state index is 11.4. The molecule has 1 aromatic carbocycles. The lowest BCUT2D eigenvalue weighted by molar-refractivity contribution is -0.119. The molecule has 5 rings (SSSR count). The Kier molecular flexibility index (Phi) is 3.72. The van der Waals surface area contributed by atoms with E-state index in [-0.39, 0.29) is 29.9 Å². The van der Waals surface area contributed by atoms with Gasteiger partial charge in [-0.2, -0.15) is 0 Å². The van der Waals surface area contributed by atoms with Crippen molar-refractivity contribution in [3.8, 4) is 11.3 Å². The van der Waals surface area contributed by atoms with Gasteiger partial charge in [0, 0.05) is 29.3 Å². The van der Waals surface area contributed by atoms with Crippen molar-refractivity contribution in [1.82, 2.24) is 9.97 Å². The van der Waals surface area contributed by atoms with Gasteiger partial charge in [0.25, 0.3) is 0 Å². The number of hydrogen-bond acceptors (Lipinski definition) is 5. The number of aryl methyl sites for hydroxylation is 1. The van der Waals surface area contributed by atoms with Crippen molar-refractivity contribution in [1.29, 1.82) is 0 Å². The Labute approximate surface area is 158 Å². The minimum Gasteiger partial charge on any atom is -0.389 e. The van der Waals surface area contributed by atoms with Crippen LogP contribution in [0.15, 0.2) is 24.3 Å². The standard InChI is InChI=1S/C21H24N4O2/c1-11-18(26)10-25(11)21-23-17-7-3-6-14(17)19(24-21)13-5-2-4-12(8-13)15-9-16(15)20(22)27/h2,4-5,8,11,15-16,18,26H,3,6-7,9-10H2,1H3,(H2,22,27)/t11-,15?,16?,18+/m0/s1. The van der Waals surface area contributed by atoms with Crippen LogP contribution in [0.4, 0.5) is 5.95 Å². The second-order valence-corrected chi connectivity index (χ2v) is 8.09. The molecule has 6 nitrogen and oxygen atoms in total. The summed E-state index contributed by atoms with van der Waals surface area (Å²) in [6.45, 7) is 2.59. The SMILES string of the molecule is C[C@H]1[C@H](O)CN1c1nc2c(c(-c3cccc(C4CC4C(N)=O)c3)n1)CCC2. The summed E-state index contributed by atoms with van der Waals surface area (Å²) in [6.07, 6.45) is 3.61. The third-order valence-corrected chi connectivity index (χ3v) is 6.35. The molecule has 2 aliphatic carbocycles. The Bertz CT molecular complexity index is 928. The van der Waals surface area contributed by atoms with Gasteiger partial charge in [-0.3, -0.25) is 4.79 Å². The molecular weight excluding hydrogens is 340 g/mol. The van der Waals surface area contributed by atoms with Gasteiger partial charge in [0.15, 0.2) is 0 Å². The summed E-state index contributed by atoms with van der Waals surface area (Å²) < 4.78 is 0. The zero-order valence-electron chi connectivity index (χ0n) is 15.4. The van der Waals surface area contributed by atoms with Crippen molar-refractivity contribution in [3.05, 3.63) is 41.1 Å². The van der Waals surface area contributed by atoms with Crippen molar-refractivity contribution in [2.24, 2.45) is 11.7 Å². The molecule has 1 aliphatic heterocycles. The highest BCUT2D eigenvalue weighted by Gasteiger charge is 2.43. The van der Waals surface area contributed by atoms with Gasteiger partial charge < -0.3 is 15.7 Å². The van der Waals surface area contributed by atoms with Crippen LogP contribution in [0.1, 0.15) is 42.5 Å². The first kappa shape index (κ1) is 16.7. The van der Waals surface area contributed by atoms with Gasteiger partial charge in [-0.25, -0.2) is 9.97 Å². The van der Waals surface area contributed by atoms with Crippen LogP contribution in [0.25, 0.3) is 11.3 Å². The van der Waals surface area contributed by atoms with E-state index in [4.69, 9.17) is 15.7 Å². The average molecular weight is 364 g/mol. The molecule has 1 amide bonds. The third kappa shape index (κ3) is 2.70. The molecule has 6 heteroatoms. The highest BCUT2D eigenvalue weighted by Crippen LogP contribution is 2.48. The van der Waals surface area contributed by atoms with Crippen molar-refractivity contribution >= 4 is 11.9 Å². The molecule has 140 valence electrons. The van der Waals surface area contributed by atoms with E-state index in [1.165, 1.54) is 5.56 Å². The summed E-state index contributed by atoms with van der Waals surface area (Å²) in [5.41, 5.74) is 11.1. The number of primary amides is 1. The first-order chi connectivity index (χ1) is 13.0. The van der Waals surface area contributed by atoms with Gasteiger partial charge in [0.1, 0.15) is 0 Å². The van der Waals surface area contributed by atoms with Crippen molar-refractivity contribution in [3.63, 3.8) is 0 Å². The van der Waals surface area contributed by atoms with E-state index in [0.29, 0.717) is 6.54 Å². The van der Waals surface area contributed by atoms with Crippen LogP contribution in [0.2, 0.25) is 0 Å². The molecule has 2 fully saturated rings. The second-order valence-electron chi connectivity index (χ2n) is 8.09. The number of carbonyl (C=O) groups excluding carboxylic acids is 1. The molecule has 2 unspecified atom stereocenters. The van der Waals surface area contributed by atoms with Gasteiger partial charge in [-0.05, 0) is 50.2 Å². The number of hydrogen-bond donors (Lipinski definition) is 2. The normalized spacial score (nSPS) is 28.6. The largest absolute Gasteiger partial charge is 0.389 e. The topological polar surface area (TPSA) is 92.3 Å². The number of amides is 1. The molecule has 2 aromatic rings. The number of fused-ring (bicyclic) bond motifs is 1. The number of nitrogens with zero attached hydrogens (tertiary/aromatic N) is 3. The predicted octanol–water partition coefficient (Wildman–Crippen LogP) is 1.79. The van der Waals surface area contributed by atoms with Gasteiger partial charge in [0.2, 0.25) is 11.9 Å². The number of carbonyl (C=O) groups is 1. The van der Waals surface area contributed by atoms with Crippen LogP contribution >= 0.6 is 0 Å². The monoisotopic (exact) mass is 364 g/mol. The molecule has 1 saturated heterocycles. The van der Waals surface area contributed by atoms with Crippen LogP contribution in [-0.4, -0.2) is 39.7 Å². The molecule has 4 atom stereocenters. The fraction of sp³-hybridized carbons (Fsp3) is 0.476.